The zero-order valence-corrected chi connectivity index (χ0v) is 15.1. The second-order valence-electron chi connectivity index (χ2n) is 6.22. The van der Waals surface area contributed by atoms with E-state index in [1.54, 1.807) is 30.3 Å². The predicted molar refractivity (Wildman–Crippen MR) is 102 cm³/mol. The Balaban J connectivity index is 2.40. The summed E-state index contributed by atoms with van der Waals surface area (Å²) in [4.78, 5) is 0. The first-order valence-corrected chi connectivity index (χ1v) is 8.23. The molecule has 0 bridgehead atoms. The van der Waals surface area contributed by atoms with Gasteiger partial charge in [-0.2, -0.15) is 0 Å². The van der Waals surface area contributed by atoms with Gasteiger partial charge in [-0.1, -0.05) is 35.9 Å². The van der Waals surface area contributed by atoms with E-state index < -0.39 is 6.10 Å². The maximum Gasteiger partial charge on any atom is 0.132 e. The summed E-state index contributed by atoms with van der Waals surface area (Å²) in [7, 11) is 1.41. The SMILES string of the molecule is COc1cc(O)c(CC=C(C)C)c(O)c1C(O)/C=C/c1ccc(O)cc1. The lowest BCUT2D eigenvalue weighted by molar-refractivity contribution is 0.217. The summed E-state index contributed by atoms with van der Waals surface area (Å²) in [6.07, 6.45) is 4.26. The van der Waals surface area contributed by atoms with Crippen LogP contribution < -0.4 is 4.74 Å². The van der Waals surface area contributed by atoms with E-state index >= 15 is 0 Å². The average molecular weight is 356 g/mol. The van der Waals surface area contributed by atoms with E-state index in [4.69, 9.17) is 4.74 Å². The van der Waals surface area contributed by atoms with Crippen molar-refractivity contribution in [3.63, 3.8) is 0 Å². The van der Waals surface area contributed by atoms with E-state index in [2.05, 4.69) is 0 Å². The first-order valence-electron chi connectivity index (χ1n) is 8.23. The number of benzene rings is 2. The molecular weight excluding hydrogens is 332 g/mol. The fourth-order valence-corrected chi connectivity index (χ4v) is 2.54. The molecule has 0 saturated heterocycles. The molecule has 1 unspecified atom stereocenters. The fourth-order valence-electron chi connectivity index (χ4n) is 2.54. The first kappa shape index (κ1) is 19.4. The van der Waals surface area contributed by atoms with Crippen molar-refractivity contribution < 1.29 is 25.2 Å². The van der Waals surface area contributed by atoms with Gasteiger partial charge in [-0.15, -0.1) is 0 Å². The van der Waals surface area contributed by atoms with Crippen LogP contribution in [0.5, 0.6) is 23.0 Å². The Bertz CT molecular complexity index is 815. The van der Waals surface area contributed by atoms with Crippen LogP contribution in [-0.2, 0) is 6.42 Å². The monoisotopic (exact) mass is 356 g/mol. The normalized spacial score (nSPS) is 12.2. The molecule has 1 atom stereocenters. The molecule has 0 spiro atoms. The molecule has 0 radical (unpaired) electrons. The lowest BCUT2D eigenvalue weighted by Crippen LogP contribution is -2.01. The van der Waals surface area contributed by atoms with Gasteiger partial charge in [-0.25, -0.2) is 0 Å². The number of aliphatic hydroxyl groups is 1. The molecule has 2 aromatic carbocycles. The van der Waals surface area contributed by atoms with Gasteiger partial charge in [0.1, 0.15) is 29.1 Å². The topological polar surface area (TPSA) is 90.2 Å². The molecule has 0 aromatic heterocycles. The lowest BCUT2D eigenvalue weighted by Gasteiger charge is -2.17. The summed E-state index contributed by atoms with van der Waals surface area (Å²) in [5.41, 5.74) is 2.36. The Kier molecular flexibility index (Phi) is 6.31. The molecule has 0 heterocycles. The molecule has 0 aliphatic heterocycles. The Labute approximate surface area is 153 Å². The van der Waals surface area contributed by atoms with E-state index in [9.17, 15) is 20.4 Å². The molecular formula is C21H24O5. The Hall–Kier alpha value is -2.92. The summed E-state index contributed by atoms with van der Waals surface area (Å²) >= 11 is 0. The van der Waals surface area contributed by atoms with Gasteiger partial charge >= 0.3 is 0 Å². The molecule has 0 saturated carbocycles. The highest BCUT2D eigenvalue weighted by Crippen LogP contribution is 2.42. The Morgan fingerprint density at radius 3 is 2.35 bits per heavy atom. The largest absolute Gasteiger partial charge is 0.508 e. The summed E-state index contributed by atoms with van der Waals surface area (Å²) in [5.74, 6) is 0.0748. The lowest BCUT2D eigenvalue weighted by atomic mass is 9.98. The molecule has 0 aliphatic rings. The molecule has 2 rings (SSSR count). The van der Waals surface area contributed by atoms with Crippen LogP contribution in [0, 0.1) is 0 Å². The van der Waals surface area contributed by atoms with E-state index in [0.717, 1.165) is 11.1 Å². The predicted octanol–water partition coefficient (Wildman–Crippen LogP) is 4.07. The van der Waals surface area contributed by atoms with Crippen LogP contribution >= 0.6 is 0 Å². The van der Waals surface area contributed by atoms with Crippen molar-refractivity contribution in [2.75, 3.05) is 7.11 Å². The molecule has 138 valence electrons. The summed E-state index contributed by atoms with van der Waals surface area (Å²) in [6.45, 7) is 3.85. The third-order valence-corrected chi connectivity index (χ3v) is 3.98. The number of rotatable bonds is 6. The third-order valence-electron chi connectivity index (χ3n) is 3.98. The first-order chi connectivity index (χ1) is 12.3. The molecule has 2 aromatic rings. The van der Waals surface area contributed by atoms with Crippen LogP contribution in [0.25, 0.3) is 6.08 Å². The zero-order chi connectivity index (χ0) is 19.3. The number of aromatic hydroxyl groups is 3. The number of phenols is 3. The maximum atomic E-state index is 10.6. The van der Waals surface area contributed by atoms with Gasteiger partial charge in [0, 0.05) is 11.6 Å². The van der Waals surface area contributed by atoms with Gasteiger partial charge < -0.3 is 25.2 Å². The van der Waals surface area contributed by atoms with Gasteiger partial charge in [0.25, 0.3) is 0 Å². The van der Waals surface area contributed by atoms with Gasteiger partial charge in [0.15, 0.2) is 0 Å². The van der Waals surface area contributed by atoms with Crippen LogP contribution in [0.1, 0.15) is 36.6 Å². The minimum absolute atomic E-state index is 0.0877. The van der Waals surface area contributed by atoms with Gasteiger partial charge in [-0.05, 0) is 38.0 Å². The van der Waals surface area contributed by atoms with Crippen molar-refractivity contribution in [2.24, 2.45) is 0 Å². The second kappa shape index (κ2) is 8.45. The number of allylic oxidation sites excluding steroid dienone is 2. The maximum absolute atomic E-state index is 10.6. The summed E-state index contributed by atoms with van der Waals surface area (Å²) < 4.78 is 5.21. The third kappa shape index (κ3) is 4.58. The second-order valence-corrected chi connectivity index (χ2v) is 6.22. The standard InChI is InChI=1S/C21H24O5/c1-13(2)4-10-16-18(24)12-19(26-3)20(21(16)25)17(23)11-7-14-5-8-15(22)9-6-14/h4-9,11-12,17,22-25H,10H2,1-3H3/b11-7+. The number of hydrogen-bond acceptors (Lipinski definition) is 5. The summed E-state index contributed by atoms with van der Waals surface area (Å²) in [5, 5.41) is 40.6. The van der Waals surface area contributed by atoms with Crippen LogP contribution in [-0.4, -0.2) is 27.5 Å². The van der Waals surface area contributed by atoms with Gasteiger partial charge in [0.05, 0.1) is 12.7 Å². The minimum Gasteiger partial charge on any atom is -0.508 e. The number of methoxy groups -OCH3 is 1. The molecule has 0 fully saturated rings. The number of hydrogen-bond donors (Lipinski definition) is 4. The zero-order valence-electron chi connectivity index (χ0n) is 15.1. The van der Waals surface area contributed by atoms with Crippen LogP contribution in [0.15, 0.2) is 48.1 Å². The highest BCUT2D eigenvalue weighted by atomic mass is 16.5. The van der Waals surface area contributed by atoms with Crippen LogP contribution in [0.3, 0.4) is 0 Å². The van der Waals surface area contributed by atoms with E-state index in [0.29, 0.717) is 12.0 Å². The van der Waals surface area contributed by atoms with Crippen LogP contribution in [0.2, 0.25) is 0 Å². The van der Waals surface area contributed by atoms with Crippen LogP contribution in [0.4, 0.5) is 0 Å². The average Bonchev–Trinajstić information content (AvgIpc) is 2.60. The molecule has 4 N–H and O–H groups in total. The molecule has 0 amide bonds. The van der Waals surface area contributed by atoms with Crippen molar-refractivity contribution in [3.8, 4) is 23.0 Å². The molecule has 5 heteroatoms. The summed E-state index contributed by atoms with van der Waals surface area (Å²) in [6, 6.07) is 7.88. The highest BCUT2D eigenvalue weighted by molar-refractivity contribution is 5.60. The fraction of sp³-hybridized carbons (Fsp3) is 0.238. The number of aliphatic hydroxyl groups excluding tert-OH is 1. The van der Waals surface area contributed by atoms with E-state index in [-0.39, 0.29) is 28.6 Å². The quantitative estimate of drug-likeness (QED) is 0.586. The van der Waals surface area contributed by atoms with E-state index in [1.807, 2.05) is 19.9 Å². The van der Waals surface area contributed by atoms with E-state index in [1.165, 1.54) is 19.3 Å². The molecule has 5 nitrogen and oxygen atoms in total. The van der Waals surface area contributed by atoms with Crippen molar-refractivity contribution in [1.29, 1.82) is 0 Å². The van der Waals surface area contributed by atoms with Crippen molar-refractivity contribution in [3.05, 3.63) is 64.7 Å². The van der Waals surface area contributed by atoms with Crippen molar-refractivity contribution in [2.45, 2.75) is 26.4 Å². The number of phenolic OH excluding ortho intramolecular Hbond substituents is 3. The van der Waals surface area contributed by atoms with Crippen molar-refractivity contribution >= 4 is 6.08 Å². The van der Waals surface area contributed by atoms with Gasteiger partial charge in [0.2, 0.25) is 0 Å². The molecule has 0 aliphatic carbocycles. The Morgan fingerprint density at radius 2 is 1.77 bits per heavy atom. The Morgan fingerprint density at radius 1 is 1.12 bits per heavy atom. The minimum atomic E-state index is -1.13. The highest BCUT2D eigenvalue weighted by Gasteiger charge is 2.22. The molecule has 26 heavy (non-hydrogen) atoms. The number of ether oxygens (including phenoxy) is 1. The van der Waals surface area contributed by atoms with Crippen molar-refractivity contribution in [1.82, 2.24) is 0 Å². The van der Waals surface area contributed by atoms with Gasteiger partial charge in [-0.3, -0.25) is 0 Å². The smallest absolute Gasteiger partial charge is 0.132 e.